The molecule has 0 saturated heterocycles. The van der Waals surface area contributed by atoms with Crippen LogP contribution < -0.4 is 0 Å². The van der Waals surface area contributed by atoms with Gasteiger partial charge in [-0.2, -0.15) is 0 Å². The molecule has 1 aliphatic rings. The second-order valence-electron chi connectivity index (χ2n) is 2.66. The van der Waals surface area contributed by atoms with Gasteiger partial charge in [0.2, 0.25) is 0 Å². The molecule has 0 unspecified atom stereocenters. The smallest absolute Gasteiger partial charge is 0.343 e. The predicted molar refractivity (Wildman–Crippen MR) is 58.7 cm³/mol. The number of methoxy groups -OCH3 is 1. The predicted octanol–water partition coefficient (Wildman–Crippen LogP) is 2.30. The Balaban J connectivity index is 3.00. The number of carbonyl (C=O) groups is 2. The minimum Gasteiger partial charge on any atom is -0.465 e. The average molecular weight is 230 g/mol. The van der Waals surface area contributed by atoms with Gasteiger partial charge < -0.3 is 4.74 Å². The second-order valence-corrected chi connectivity index (χ2v) is 5.05. The van der Waals surface area contributed by atoms with Crippen molar-refractivity contribution in [2.75, 3.05) is 7.11 Å². The van der Waals surface area contributed by atoms with Gasteiger partial charge in [0.15, 0.2) is 5.78 Å². The molecule has 0 aromatic rings. The molecule has 0 N–H and O–H groups in total. The molecule has 0 radical (unpaired) electrons. The lowest BCUT2D eigenvalue weighted by molar-refractivity contribution is -0.137. The first kappa shape index (κ1) is 11.4. The van der Waals surface area contributed by atoms with Crippen molar-refractivity contribution < 1.29 is 14.3 Å². The highest BCUT2D eigenvalue weighted by molar-refractivity contribution is 8.28. The SMILES string of the molecule is COC(=O)/C(C(C)=O)=C1/SC=C(C)S1. The van der Waals surface area contributed by atoms with Crippen LogP contribution in [0.1, 0.15) is 13.8 Å². The van der Waals surface area contributed by atoms with Crippen molar-refractivity contribution in [3.8, 4) is 0 Å². The first-order valence-electron chi connectivity index (χ1n) is 3.91. The van der Waals surface area contributed by atoms with Crippen LogP contribution in [-0.4, -0.2) is 18.9 Å². The number of ketones is 1. The molecule has 1 rings (SSSR count). The van der Waals surface area contributed by atoms with Gasteiger partial charge in [0.1, 0.15) is 5.57 Å². The minimum atomic E-state index is -0.560. The van der Waals surface area contributed by atoms with E-state index in [-0.39, 0.29) is 11.4 Å². The summed E-state index contributed by atoms with van der Waals surface area (Å²) in [4.78, 5) is 23.6. The van der Waals surface area contributed by atoms with E-state index in [2.05, 4.69) is 4.74 Å². The summed E-state index contributed by atoms with van der Waals surface area (Å²) in [6.07, 6.45) is 0. The summed E-state index contributed by atoms with van der Waals surface area (Å²) in [5.41, 5.74) is 0.149. The summed E-state index contributed by atoms with van der Waals surface area (Å²) >= 11 is 2.82. The maximum absolute atomic E-state index is 11.3. The molecule has 0 saturated carbocycles. The summed E-state index contributed by atoms with van der Waals surface area (Å²) in [6, 6.07) is 0. The van der Waals surface area contributed by atoms with E-state index in [0.29, 0.717) is 4.24 Å². The van der Waals surface area contributed by atoms with E-state index in [1.54, 1.807) is 0 Å². The number of carbonyl (C=O) groups excluding carboxylic acids is 2. The molecule has 14 heavy (non-hydrogen) atoms. The molecule has 1 heterocycles. The van der Waals surface area contributed by atoms with Crippen molar-refractivity contribution in [1.29, 1.82) is 0 Å². The van der Waals surface area contributed by atoms with E-state index >= 15 is 0 Å². The zero-order chi connectivity index (χ0) is 10.7. The Morgan fingerprint density at radius 2 is 2.07 bits per heavy atom. The number of hydrogen-bond donors (Lipinski definition) is 0. The van der Waals surface area contributed by atoms with Crippen LogP contribution >= 0.6 is 23.5 Å². The van der Waals surface area contributed by atoms with Crippen LogP contribution in [0.25, 0.3) is 0 Å². The van der Waals surface area contributed by atoms with Gasteiger partial charge >= 0.3 is 5.97 Å². The van der Waals surface area contributed by atoms with Crippen LogP contribution in [0.4, 0.5) is 0 Å². The molecule has 0 atom stereocenters. The quantitative estimate of drug-likeness (QED) is 0.315. The van der Waals surface area contributed by atoms with Crippen molar-refractivity contribution in [3.05, 3.63) is 20.1 Å². The fraction of sp³-hybridized carbons (Fsp3) is 0.333. The Kier molecular flexibility index (Phi) is 3.83. The van der Waals surface area contributed by atoms with Gasteiger partial charge in [-0.1, -0.05) is 23.5 Å². The van der Waals surface area contributed by atoms with Gasteiger partial charge in [-0.15, -0.1) is 0 Å². The first-order valence-corrected chi connectivity index (χ1v) is 5.60. The molecule has 0 aliphatic carbocycles. The summed E-state index contributed by atoms with van der Waals surface area (Å²) in [5.74, 6) is -0.814. The number of hydrogen-bond acceptors (Lipinski definition) is 5. The molecule has 3 nitrogen and oxygen atoms in total. The molecular formula is C9H10O3S2. The monoisotopic (exact) mass is 230 g/mol. The third-order valence-electron chi connectivity index (χ3n) is 1.53. The van der Waals surface area contributed by atoms with Crippen LogP contribution in [0.3, 0.4) is 0 Å². The molecule has 0 spiro atoms. The molecule has 0 amide bonds. The van der Waals surface area contributed by atoms with Crippen LogP contribution in [0.2, 0.25) is 0 Å². The lowest BCUT2D eigenvalue weighted by Crippen LogP contribution is -2.12. The molecular weight excluding hydrogens is 220 g/mol. The van der Waals surface area contributed by atoms with E-state index < -0.39 is 5.97 Å². The number of esters is 1. The lowest BCUT2D eigenvalue weighted by Gasteiger charge is -2.04. The zero-order valence-electron chi connectivity index (χ0n) is 8.12. The van der Waals surface area contributed by atoms with Gasteiger partial charge in [0.05, 0.1) is 11.3 Å². The Morgan fingerprint density at radius 3 is 2.43 bits per heavy atom. The normalized spacial score (nSPS) is 18.9. The summed E-state index contributed by atoms with van der Waals surface area (Å²) in [5, 5.41) is 1.91. The third kappa shape index (κ3) is 2.42. The van der Waals surface area contributed by atoms with Crippen LogP contribution in [-0.2, 0) is 14.3 Å². The average Bonchev–Trinajstić information content (AvgIpc) is 2.51. The van der Waals surface area contributed by atoms with Crippen molar-refractivity contribution >= 4 is 35.3 Å². The van der Waals surface area contributed by atoms with Gasteiger partial charge in [0, 0.05) is 0 Å². The van der Waals surface area contributed by atoms with Crippen molar-refractivity contribution in [2.24, 2.45) is 0 Å². The highest BCUT2D eigenvalue weighted by Gasteiger charge is 2.23. The summed E-state index contributed by atoms with van der Waals surface area (Å²) < 4.78 is 5.26. The van der Waals surface area contributed by atoms with E-state index in [4.69, 9.17) is 0 Å². The highest BCUT2D eigenvalue weighted by Crippen LogP contribution is 2.45. The number of Topliss-reactive ketones (excluding diaryl/α,β-unsaturated/α-hetero) is 1. The molecule has 0 aromatic carbocycles. The summed E-state index contributed by atoms with van der Waals surface area (Å²) in [6.45, 7) is 3.30. The Morgan fingerprint density at radius 1 is 1.43 bits per heavy atom. The maximum Gasteiger partial charge on any atom is 0.343 e. The fourth-order valence-corrected chi connectivity index (χ4v) is 3.22. The van der Waals surface area contributed by atoms with E-state index in [0.717, 1.165) is 4.91 Å². The summed E-state index contributed by atoms with van der Waals surface area (Å²) in [7, 11) is 1.27. The van der Waals surface area contributed by atoms with Crippen LogP contribution in [0.5, 0.6) is 0 Å². The van der Waals surface area contributed by atoms with Crippen molar-refractivity contribution in [3.63, 3.8) is 0 Å². The largest absolute Gasteiger partial charge is 0.465 e. The number of allylic oxidation sites excluding steroid dienone is 1. The molecule has 0 fully saturated rings. The van der Waals surface area contributed by atoms with E-state index in [9.17, 15) is 9.59 Å². The van der Waals surface area contributed by atoms with Crippen molar-refractivity contribution in [1.82, 2.24) is 0 Å². The Labute approximate surface area is 91.0 Å². The molecule has 0 aromatic heterocycles. The maximum atomic E-state index is 11.3. The highest BCUT2D eigenvalue weighted by atomic mass is 32.2. The Hall–Kier alpha value is -0.680. The topological polar surface area (TPSA) is 43.4 Å². The molecule has 76 valence electrons. The molecule has 1 aliphatic heterocycles. The molecule has 0 bridgehead atoms. The fourth-order valence-electron chi connectivity index (χ4n) is 0.914. The van der Waals surface area contributed by atoms with Gasteiger partial charge in [0.25, 0.3) is 0 Å². The van der Waals surface area contributed by atoms with Crippen molar-refractivity contribution in [2.45, 2.75) is 13.8 Å². The lowest BCUT2D eigenvalue weighted by atomic mass is 10.2. The minimum absolute atomic E-state index is 0.149. The Bertz CT molecular complexity index is 342. The standard InChI is InChI=1S/C9H10O3S2/c1-5-4-13-9(14-5)7(6(2)10)8(11)12-3/h4H,1-3H3/b9-7-. The van der Waals surface area contributed by atoms with Crippen LogP contribution in [0.15, 0.2) is 20.1 Å². The van der Waals surface area contributed by atoms with Gasteiger partial charge in [-0.3, -0.25) is 4.79 Å². The number of thioether (sulfide) groups is 2. The second kappa shape index (κ2) is 4.70. The van der Waals surface area contributed by atoms with Gasteiger partial charge in [-0.05, 0) is 24.2 Å². The molecule has 5 heteroatoms. The first-order chi connectivity index (χ1) is 6.56. The number of ether oxygens (including phenoxy) is 1. The third-order valence-corrected chi connectivity index (χ3v) is 3.94. The number of rotatable bonds is 2. The zero-order valence-corrected chi connectivity index (χ0v) is 9.75. The van der Waals surface area contributed by atoms with E-state index in [1.165, 1.54) is 37.6 Å². The van der Waals surface area contributed by atoms with Gasteiger partial charge in [-0.25, -0.2) is 4.79 Å². The van der Waals surface area contributed by atoms with Crippen LogP contribution in [0, 0.1) is 0 Å². The van der Waals surface area contributed by atoms with E-state index in [1.807, 2.05) is 12.3 Å².